The first-order valence-corrected chi connectivity index (χ1v) is 14.5. The fourth-order valence-corrected chi connectivity index (χ4v) is 5.90. The zero-order valence-corrected chi connectivity index (χ0v) is 24.4. The number of piperidine rings is 1. The zero-order valence-electron chi connectivity index (χ0n) is 24.4. The second-order valence-electron chi connectivity index (χ2n) is 11.5. The highest BCUT2D eigenvalue weighted by Gasteiger charge is 2.44. The summed E-state index contributed by atoms with van der Waals surface area (Å²) >= 11 is 0. The number of fused-ring (bicyclic) bond motifs is 1. The van der Waals surface area contributed by atoms with Crippen LogP contribution in [0.15, 0.2) is 31.0 Å². The summed E-state index contributed by atoms with van der Waals surface area (Å²) in [6, 6.07) is 1.72. The lowest BCUT2D eigenvalue weighted by molar-refractivity contribution is -0.0529. The number of halogens is 5. The number of nitrogens with zero attached hydrogens (tertiary/aromatic N) is 7. The van der Waals surface area contributed by atoms with Gasteiger partial charge in [-0.05, 0) is 24.5 Å². The van der Waals surface area contributed by atoms with Crippen molar-refractivity contribution in [1.29, 1.82) is 0 Å². The van der Waals surface area contributed by atoms with Gasteiger partial charge in [-0.15, -0.1) is 0 Å². The van der Waals surface area contributed by atoms with Crippen LogP contribution in [0, 0.1) is 17.6 Å². The molecule has 2 aliphatic heterocycles. The van der Waals surface area contributed by atoms with Gasteiger partial charge in [0.15, 0.2) is 34.8 Å². The second kappa shape index (κ2) is 12.8. The van der Waals surface area contributed by atoms with Crippen molar-refractivity contribution < 1.29 is 47.1 Å². The number of ether oxygens (including phenoxy) is 1. The van der Waals surface area contributed by atoms with E-state index in [4.69, 9.17) is 10.5 Å². The molecular formula is C28H30F5N9O5. The molecule has 19 heteroatoms. The molecular weight excluding hydrogens is 637 g/mol. The van der Waals surface area contributed by atoms with E-state index in [1.807, 2.05) is 0 Å². The number of hydrogen-bond acceptors (Lipinski definition) is 13. The highest BCUT2D eigenvalue weighted by molar-refractivity contribution is 5.83. The van der Waals surface area contributed by atoms with Gasteiger partial charge in [-0.3, -0.25) is 4.98 Å². The molecule has 4 unspecified atom stereocenters. The van der Waals surface area contributed by atoms with Crippen molar-refractivity contribution in [3.63, 3.8) is 0 Å². The SMILES string of the molecule is N[C@]1([C@@H](O)C(F)F)CCCN(c2cnc(-c3nc(F)c(F)cc3F)cc2Cn2cnc3c(NC4OC(CO)C(O)C4O)ncnc32)C1. The predicted octanol–water partition coefficient (Wildman–Crippen LogP) is 0.523. The second-order valence-corrected chi connectivity index (χ2v) is 11.5. The van der Waals surface area contributed by atoms with Crippen molar-refractivity contribution in [2.24, 2.45) is 5.73 Å². The summed E-state index contributed by atoms with van der Waals surface area (Å²) in [6.07, 6.45) is -5.77. The number of rotatable bonds is 9. The number of nitrogens with two attached hydrogens (primary N) is 1. The zero-order chi connectivity index (χ0) is 33.6. The molecule has 2 saturated heterocycles. The van der Waals surface area contributed by atoms with E-state index in [9.17, 15) is 42.4 Å². The fraction of sp³-hybridized carbons (Fsp3) is 0.464. The predicted molar refractivity (Wildman–Crippen MR) is 154 cm³/mol. The Balaban J connectivity index is 1.38. The lowest BCUT2D eigenvalue weighted by atomic mass is 9.84. The van der Waals surface area contributed by atoms with Crippen LogP contribution in [-0.2, 0) is 11.3 Å². The smallest absolute Gasteiger partial charge is 0.265 e. The molecule has 6 heterocycles. The topological polar surface area (TPSA) is 201 Å². The lowest BCUT2D eigenvalue weighted by Crippen LogP contribution is -2.63. The van der Waals surface area contributed by atoms with Gasteiger partial charge in [0.05, 0.1) is 42.6 Å². The van der Waals surface area contributed by atoms with Crippen molar-refractivity contribution >= 4 is 22.7 Å². The van der Waals surface area contributed by atoms with Gasteiger partial charge in [0.25, 0.3) is 6.43 Å². The Labute approximate surface area is 262 Å². The molecule has 4 aromatic rings. The molecule has 2 aliphatic rings. The monoisotopic (exact) mass is 667 g/mol. The molecule has 0 aliphatic carbocycles. The Morgan fingerprint density at radius 1 is 1.09 bits per heavy atom. The maximum atomic E-state index is 14.7. The van der Waals surface area contributed by atoms with E-state index in [1.54, 1.807) is 9.47 Å². The van der Waals surface area contributed by atoms with Gasteiger partial charge >= 0.3 is 0 Å². The first-order valence-electron chi connectivity index (χ1n) is 14.5. The molecule has 6 rings (SSSR count). The van der Waals surface area contributed by atoms with Crippen LogP contribution in [0.4, 0.5) is 33.5 Å². The van der Waals surface area contributed by atoms with Gasteiger partial charge in [0.2, 0.25) is 5.95 Å². The third-order valence-electron chi connectivity index (χ3n) is 8.38. The first kappa shape index (κ1) is 32.8. The largest absolute Gasteiger partial charge is 0.394 e. The molecule has 0 amide bonds. The molecule has 47 heavy (non-hydrogen) atoms. The normalized spacial score (nSPS) is 25.6. The molecule has 0 spiro atoms. The van der Waals surface area contributed by atoms with Crippen LogP contribution < -0.4 is 16.0 Å². The summed E-state index contributed by atoms with van der Waals surface area (Å²) in [4.78, 5) is 22.0. The average Bonchev–Trinajstić information content (AvgIpc) is 3.58. The summed E-state index contributed by atoms with van der Waals surface area (Å²) in [5, 5.41) is 42.9. The molecule has 4 aromatic heterocycles. The first-order chi connectivity index (χ1) is 22.4. The molecule has 14 nitrogen and oxygen atoms in total. The summed E-state index contributed by atoms with van der Waals surface area (Å²) in [5.74, 6) is -4.07. The number of hydrogen-bond donors (Lipinski definition) is 6. The molecule has 0 aromatic carbocycles. The molecule has 2 fully saturated rings. The van der Waals surface area contributed by atoms with Gasteiger partial charge in [0, 0.05) is 19.2 Å². The van der Waals surface area contributed by atoms with Crippen LogP contribution in [0.1, 0.15) is 18.4 Å². The summed E-state index contributed by atoms with van der Waals surface area (Å²) in [6.45, 7) is -0.433. The Morgan fingerprint density at radius 3 is 2.60 bits per heavy atom. The summed E-state index contributed by atoms with van der Waals surface area (Å²) in [7, 11) is 0. The van der Waals surface area contributed by atoms with Crippen molar-refractivity contribution in [2.75, 3.05) is 29.9 Å². The number of alkyl halides is 2. The fourth-order valence-electron chi connectivity index (χ4n) is 5.90. The minimum absolute atomic E-state index is 0.0531. The van der Waals surface area contributed by atoms with Gasteiger partial charge in [-0.2, -0.15) is 4.39 Å². The molecule has 0 bridgehead atoms. The number of imidazole rings is 1. The third kappa shape index (κ3) is 6.17. The molecule has 0 saturated carbocycles. The van der Waals surface area contributed by atoms with Crippen LogP contribution in [0.3, 0.4) is 0 Å². The van der Waals surface area contributed by atoms with Crippen molar-refractivity contribution in [2.45, 2.75) is 62.0 Å². The van der Waals surface area contributed by atoms with Gasteiger partial charge in [0.1, 0.15) is 36.4 Å². The van der Waals surface area contributed by atoms with Crippen LogP contribution in [0.25, 0.3) is 22.6 Å². The number of pyridine rings is 2. The van der Waals surface area contributed by atoms with Crippen LogP contribution in [-0.4, -0.2) is 112 Å². The number of aliphatic hydroxyl groups is 4. The lowest BCUT2D eigenvalue weighted by Gasteiger charge is -2.44. The summed E-state index contributed by atoms with van der Waals surface area (Å²) < 4.78 is 76.4. The quantitative estimate of drug-likeness (QED) is 0.107. The van der Waals surface area contributed by atoms with E-state index in [1.165, 1.54) is 24.9 Å². The third-order valence-corrected chi connectivity index (χ3v) is 8.38. The van der Waals surface area contributed by atoms with Crippen LogP contribution in [0.2, 0.25) is 0 Å². The minimum Gasteiger partial charge on any atom is -0.394 e. The minimum atomic E-state index is -3.09. The van der Waals surface area contributed by atoms with Crippen LogP contribution in [0.5, 0.6) is 0 Å². The summed E-state index contributed by atoms with van der Waals surface area (Å²) in [5.41, 5.74) is 5.09. The Kier molecular flexibility index (Phi) is 8.94. The van der Waals surface area contributed by atoms with E-state index in [0.29, 0.717) is 30.3 Å². The van der Waals surface area contributed by atoms with Gasteiger partial charge in [-0.1, -0.05) is 0 Å². The average molecular weight is 668 g/mol. The highest BCUT2D eigenvalue weighted by Crippen LogP contribution is 2.34. The number of aromatic nitrogens is 6. The Bertz CT molecular complexity index is 1770. The molecule has 7 N–H and O–H groups in total. The van der Waals surface area contributed by atoms with Crippen molar-refractivity contribution in [3.05, 3.63) is 54.1 Å². The Hall–Kier alpha value is -4.14. The number of nitrogens with one attached hydrogen (secondary N) is 1. The van der Waals surface area contributed by atoms with E-state index >= 15 is 0 Å². The van der Waals surface area contributed by atoms with Gasteiger partial charge < -0.3 is 45.7 Å². The van der Waals surface area contributed by atoms with Gasteiger partial charge in [-0.25, -0.2) is 37.5 Å². The Morgan fingerprint density at radius 2 is 1.87 bits per heavy atom. The van der Waals surface area contributed by atoms with E-state index in [2.05, 4.69) is 30.2 Å². The molecule has 252 valence electrons. The number of aliphatic hydroxyl groups excluding tert-OH is 4. The highest BCUT2D eigenvalue weighted by atomic mass is 19.3. The molecule has 6 atom stereocenters. The van der Waals surface area contributed by atoms with Crippen molar-refractivity contribution in [1.82, 2.24) is 29.5 Å². The number of anilines is 2. The molecule has 0 radical (unpaired) electrons. The van der Waals surface area contributed by atoms with E-state index in [0.717, 1.165) is 0 Å². The van der Waals surface area contributed by atoms with E-state index in [-0.39, 0.29) is 42.2 Å². The van der Waals surface area contributed by atoms with Crippen LogP contribution >= 0.6 is 0 Å². The van der Waals surface area contributed by atoms with E-state index < -0.39 is 72.5 Å². The standard InChI is InChI=1S/C28H30F5N9O5/c29-13-5-14(30)24(33)39-18(13)15-4-12(16(6-35-15)41-3-1-2-28(34,9-41)22(46)23(31)32)7-42-11-38-19-25(36-10-37-26(19)42)40-27-21(45)20(44)17(8-43)47-27/h4-6,10-11,17,20-23,27,43-46H,1-3,7-9,34H2,(H,36,37,40)/t17?,20?,21?,22-,27?,28+/m0/s1. The maximum absolute atomic E-state index is 14.7. The van der Waals surface area contributed by atoms with Crippen molar-refractivity contribution in [3.8, 4) is 11.4 Å². The maximum Gasteiger partial charge on any atom is 0.265 e.